The standard InChI is InChI=1S/C12H9F2NO/c13-10-5-8(6-11(16)12(10)14)7-1-3-9(15)4-2-7/h1-6,16H,15H2. The van der Waals surface area contributed by atoms with Crippen molar-refractivity contribution in [3.05, 3.63) is 48.0 Å². The Morgan fingerprint density at radius 3 is 2.12 bits per heavy atom. The fourth-order valence-corrected chi connectivity index (χ4v) is 1.42. The normalized spacial score (nSPS) is 10.4. The van der Waals surface area contributed by atoms with Gasteiger partial charge in [-0.05, 0) is 35.4 Å². The molecule has 0 saturated carbocycles. The van der Waals surface area contributed by atoms with Crippen molar-refractivity contribution >= 4 is 5.69 Å². The minimum absolute atomic E-state index is 0.399. The zero-order valence-corrected chi connectivity index (χ0v) is 8.24. The van der Waals surface area contributed by atoms with Crippen molar-refractivity contribution in [2.75, 3.05) is 5.73 Å². The summed E-state index contributed by atoms with van der Waals surface area (Å²) >= 11 is 0. The van der Waals surface area contributed by atoms with Gasteiger partial charge in [-0.3, -0.25) is 0 Å². The number of aromatic hydroxyl groups is 1. The van der Waals surface area contributed by atoms with Crippen LogP contribution in [0.15, 0.2) is 36.4 Å². The third-order valence-electron chi connectivity index (χ3n) is 2.25. The largest absolute Gasteiger partial charge is 0.505 e. The van der Waals surface area contributed by atoms with E-state index in [2.05, 4.69) is 0 Å². The molecule has 2 aromatic carbocycles. The first-order valence-electron chi connectivity index (χ1n) is 4.62. The van der Waals surface area contributed by atoms with Crippen LogP contribution in [-0.2, 0) is 0 Å². The average molecular weight is 221 g/mol. The van der Waals surface area contributed by atoms with Crippen molar-refractivity contribution in [2.45, 2.75) is 0 Å². The van der Waals surface area contributed by atoms with E-state index in [4.69, 9.17) is 10.8 Å². The predicted molar refractivity (Wildman–Crippen MR) is 57.9 cm³/mol. The van der Waals surface area contributed by atoms with Crippen molar-refractivity contribution in [3.63, 3.8) is 0 Å². The fourth-order valence-electron chi connectivity index (χ4n) is 1.42. The smallest absolute Gasteiger partial charge is 0.200 e. The molecule has 0 aromatic heterocycles. The van der Waals surface area contributed by atoms with Gasteiger partial charge >= 0.3 is 0 Å². The number of hydrogen-bond donors (Lipinski definition) is 2. The Labute approximate surface area is 91.0 Å². The van der Waals surface area contributed by atoms with Gasteiger partial charge in [0.25, 0.3) is 0 Å². The van der Waals surface area contributed by atoms with Crippen LogP contribution in [0.3, 0.4) is 0 Å². The number of nitrogen functional groups attached to an aromatic ring is 1. The van der Waals surface area contributed by atoms with Gasteiger partial charge in [-0.2, -0.15) is 4.39 Å². The summed E-state index contributed by atoms with van der Waals surface area (Å²) in [7, 11) is 0. The zero-order chi connectivity index (χ0) is 11.7. The molecule has 0 bridgehead atoms. The molecule has 4 heteroatoms. The van der Waals surface area contributed by atoms with Crippen molar-refractivity contribution < 1.29 is 13.9 Å². The van der Waals surface area contributed by atoms with Crippen molar-refractivity contribution in [1.82, 2.24) is 0 Å². The second-order valence-electron chi connectivity index (χ2n) is 3.41. The molecule has 0 aliphatic carbocycles. The summed E-state index contributed by atoms with van der Waals surface area (Å²) in [6.07, 6.45) is 0. The lowest BCUT2D eigenvalue weighted by atomic mass is 10.0. The Morgan fingerprint density at radius 2 is 1.56 bits per heavy atom. The van der Waals surface area contributed by atoms with Gasteiger partial charge < -0.3 is 10.8 Å². The summed E-state index contributed by atoms with van der Waals surface area (Å²) in [4.78, 5) is 0. The number of rotatable bonds is 1. The van der Waals surface area contributed by atoms with Gasteiger partial charge in [0.05, 0.1) is 0 Å². The van der Waals surface area contributed by atoms with Crippen LogP contribution in [-0.4, -0.2) is 5.11 Å². The van der Waals surface area contributed by atoms with E-state index in [-0.39, 0.29) is 0 Å². The number of phenols is 1. The van der Waals surface area contributed by atoms with E-state index in [9.17, 15) is 8.78 Å². The topological polar surface area (TPSA) is 46.2 Å². The summed E-state index contributed by atoms with van der Waals surface area (Å²) in [5.41, 5.74) is 7.14. The molecule has 2 rings (SSSR count). The number of benzene rings is 2. The molecule has 0 unspecified atom stereocenters. The van der Waals surface area contributed by atoms with E-state index in [0.717, 1.165) is 6.07 Å². The molecule has 0 atom stereocenters. The Kier molecular flexibility index (Phi) is 2.48. The molecule has 82 valence electrons. The molecule has 0 heterocycles. The van der Waals surface area contributed by atoms with Crippen molar-refractivity contribution in [1.29, 1.82) is 0 Å². The number of anilines is 1. The van der Waals surface area contributed by atoms with Crippen molar-refractivity contribution in [3.8, 4) is 16.9 Å². The summed E-state index contributed by atoms with van der Waals surface area (Å²) in [6.45, 7) is 0. The van der Waals surface area contributed by atoms with Crippen LogP contribution in [0.25, 0.3) is 11.1 Å². The van der Waals surface area contributed by atoms with Gasteiger partial charge in [0.2, 0.25) is 0 Å². The maximum atomic E-state index is 13.0. The molecule has 16 heavy (non-hydrogen) atoms. The molecule has 2 nitrogen and oxygen atoms in total. The third kappa shape index (κ3) is 1.82. The van der Waals surface area contributed by atoms with Crippen LogP contribution in [0.4, 0.5) is 14.5 Å². The average Bonchev–Trinajstić information content (AvgIpc) is 2.26. The van der Waals surface area contributed by atoms with Crippen LogP contribution in [0.1, 0.15) is 0 Å². The SMILES string of the molecule is Nc1ccc(-c2cc(O)c(F)c(F)c2)cc1. The molecule has 0 fully saturated rings. The van der Waals surface area contributed by atoms with Gasteiger partial charge in [0, 0.05) is 5.69 Å². The maximum absolute atomic E-state index is 13.0. The van der Waals surface area contributed by atoms with E-state index < -0.39 is 17.4 Å². The molecule has 2 aromatic rings. The molecular weight excluding hydrogens is 212 g/mol. The maximum Gasteiger partial charge on any atom is 0.200 e. The first kappa shape index (κ1) is 10.4. The number of hydrogen-bond acceptors (Lipinski definition) is 2. The Bertz CT molecular complexity index is 500. The van der Waals surface area contributed by atoms with E-state index in [0.29, 0.717) is 16.8 Å². The zero-order valence-electron chi connectivity index (χ0n) is 8.24. The van der Waals surface area contributed by atoms with E-state index in [1.807, 2.05) is 0 Å². The van der Waals surface area contributed by atoms with E-state index >= 15 is 0 Å². The predicted octanol–water partition coefficient (Wildman–Crippen LogP) is 2.92. The number of nitrogens with two attached hydrogens (primary N) is 1. The quantitative estimate of drug-likeness (QED) is 0.727. The monoisotopic (exact) mass is 221 g/mol. The highest BCUT2D eigenvalue weighted by molar-refractivity contribution is 5.67. The second kappa shape index (κ2) is 3.81. The highest BCUT2D eigenvalue weighted by Crippen LogP contribution is 2.28. The Morgan fingerprint density at radius 1 is 0.938 bits per heavy atom. The van der Waals surface area contributed by atoms with Crippen LogP contribution < -0.4 is 5.73 Å². The van der Waals surface area contributed by atoms with E-state index in [1.165, 1.54) is 6.07 Å². The molecule has 0 radical (unpaired) electrons. The highest BCUT2D eigenvalue weighted by Gasteiger charge is 2.10. The second-order valence-corrected chi connectivity index (χ2v) is 3.41. The third-order valence-corrected chi connectivity index (χ3v) is 2.25. The summed E-state index contributed by atoms with van der Waals surface area (Å²) in [6, 6.07) is 8.83. The van der Waals surface area contributed by atoms with Gasteiger partial charge in [-0.25, -0.2) is 4.39 Å². The molecule has 0 saturated heterocycles. The molecule has 0 amide bonds. The van der Waals surface area contributed by atoms with Gasteiger partial charge in [-0.15, -0.1) is 0 Å². The minimum atomic E-state index is -1.24. The first-order valence-corrected chi connectivity index (χ1v) is 4.62. The molecular formula is C12H9F2NO. The molecule has 3 N–H and O–H groups in total. The van der Waals surface area contributed by atoms with Gasteiger partial charge in [0.1, 0.15) is 0 Å². The van der Waals surface area contributed by atoms with Gasteiger partial charge in [0.15, 0.2) is 17.4 Å². The number of phenolic OH excluding ortho intramolecular Hbond substituents is 1. The summed E-state index contributed by atoms with van der Waals surface area (Å²) < 4.78 is 25.9. The summed E-state index contributed by atoms with van der Waals surface area (Å²) in [5, 5.41) is 9.16. The molecule has 0 aliphatic rings. The Balaban J connectivity index is 2.52. The lowest BCUT2D eigenvalue weighted by Crippen LogP contribution is -1.88. The Hall–Kier alpha value is -2.10. The van der Waals surface area contributed by atoms with Crippen LogP contribution in [0.2, 0.25) is 0 Å². The lowest BCUT2D eigenvalue weighted by molar-refractivity contribution is 0.407. The van der Waals surface area contributed by atoms with Gasteiger partial charge in [-0.1, -0.05) is 12.1 Å². The highest BCUT2D eigenvalue weighted by atomic mass is 19.2. The number of halogens is 2. The fraction of sp³-hybridized carbons (Fsp3) is 0. The lowest BCUT2D eigenvalue weighted by Gasteiger charge is -2.04. The van der Waals surface area contributed by atoms with Crippen LogP contribution in [0.5, 0.6) is 5.75 Å². The van der Waals surface area contributed by atoms with Crippen molar-refractivity contribution in [2.24, 2.45) is 0 Å². The summed E-state index contributed by atoms with van der Waals surface area (Å²) in [5.74, 6) is -3.02. The van der Waals surface area contributed by atoms with Crippen LogP contribution >= 0.6 is 0 Å². The van der Waals surface area contributed by atoms with E-state index in [1.54, 1.807) is 24.3 Å². The first-order chi connectivity index (χ1) is 7.58. The molecule has 0 aliphatic heterocycles. The molecule has 0 spiro atoms. The van der Waals surface area contributed by atoms with Crippen LogP contribution in [0, 0.1) is 11.6 Å². The minimum Gasteiger partial charge on any atom is -0.505 e.